The zero-order chi connectivity index (χ0) is 11.5. The fourth-order valence-corrected chi connectivity index (χ4v) is 3.00. The summed E-state index contributed by atoms with van der Waals surface area (Å²) in [7, 11) is 0. The maximum absolute atomic E-state index is 4.35. The van der Waals surface area contributed by atoms with E-state index in [2.05, 4.69) is 33.4 Å². The monoisotopic (exact) mass is 240 g/mol. The highest BCUT2D eigenvalue weighted by Gasteiger charge is 2.24. The van der Waals surface area contributed by atoms with Crippen molar-refractivity contribution in [1.82, 2.24) is 14.3 Å². The molecule has 4 nitrogen and oxygen atoms in total. The molecule has 0 bridgehead atoms. The highest BCUT2D eigenvalue weighted by atomic mass is 32.1. The SMILES string of the molecule is CCN1CC[C@H](Nc2nc(C)ns2)C[C@@H]1C. The fraction of sp³-hybridized carbons (Fsp3) is 0.818. The molecule has 90 valence electrons. The molecule has 1 N–H and O–H groups in total. The first-order chi connectivity index (χ1) is 7.69. The van der Waals surface area contributed by atoms with Crippen LogP contribution in [0.5, 0.6) is 0 Å². The standard InChI is InChI=1S/C11H20N4S/c1-4-15-6-5-10(7-8(15)2)13-11-12-9(3)14-16-11/h8,10H,4-7H2,1-3H3,(H,12,13,14)/t8-,10-/m0/s1. The predicted molar refractivity (Wildman–Crippen MR) is 68.0 cm³/mol. The van der Waals surface area contributed by atoms with E-state index in [1.54, 1.807) is 0 Å². The van der Waals surface area contributed by atoms with Gasteiger partial charge in [-0.25, -0.2) is 4.98 Å². The Kier molecular flexibility index (Phi) is 3.76. The van der Waals surface area contributed by atoms with Gasteiger partial charge in [0, 0.05) is 30.2 Å². The molecule has 0 radical (unpaired) electrons. The lowest BCUT2D eigenvalue weighted by atomic mass is 9.98. The minimum Gasteiger partial charge on any atom is -0.357 e. The van der Waals surface area contributed by atoms with Gasteiger partial charge in [-0.15, -0.1) is 0 Å². The number of likely N-dealkylation sites (tertiary alicyclic amines) is 1. The van der Waals surface area contributed by atoms with Crippen LogP contribution in [0.1, 0.15) is 32.5 Å². The average molecular weight is 240 g/mol. The van der Waals surface area contributed by atoms with E-state index in [-0.39, 0.29) is 0 Å². The number of anilines is 1. The van der Waals surface area contributed by atoms with Crippen molar-refractivity contribution in [3.05, 3.63) is 5.82 Å². The Balaban J connectivity index is 1.88. The van der Waals surface area contributed by atoms with Crippen LogP contribution < -0.4 is 5.32 Å². The molecule has 1 fully saturated rings. The van der Waals surface area contributed by atoms with Crippen LogP contribution in [0, 0.1) is 6.92 Å². The van der Waals surface area contributed by atoms with Gasteiger partial charge in [0.1, 0.15) is 5.82 Å². The molecule has 1 aliphatic heterocycles. The molecule has 0 amide bonds. The fourth-order valence-electron chi connectivity index (χ4n) is 2.35. The molecule has 2 heterocycles. The summed E-state index contributed by atoms with van der Waals surface area (Å²) in [6.07, 6.45) is 2.41. The molecule has 1 aliphatic rings. The van der Waals surface area contributed by atoms with Crippen LogP contribution >= 0.6 is 11.5 Å². The van der Waals surface area contributed by atoms with Gasteiger partial charge in [0.05, 0.1) is 0 Å². The number of aromatic nitrogens is 2. The molecule has 1 aromatic heterocycles. The Hall–Kier alpha value is -0.680. The molecule has 0 aliphatic carbocycles. The molecule has 0 unspecified atom stereocenters. The first-order valence-corrected chi connectivity index (χ1v) is 6.77. The zero-order valence-electron chi connectivity index (χ0n) is 10.2. The summed E-state index contributed by atoms with van der Waals surface area (Å²) in [5.74, 6) is 0.867. The van der Waals surface area contributed by atoms with Gasteiger partial charge in [-0.1, -0.05) is 6.92 Å². The van der Waals surface area contributed by atoms with Crippen molar-refractivity contribution in [2.24, 2.45) is 0 Å². The molecular weight excluding hydrogens is 220 g/mol. The molecule has 0 saturated carbocycles. The van der Waals surface area contributed by atoms with Crippen molar-refractivity contribution in [3.8, 4) is 0 Å². The van der Waals surface area contributed by atoms with Gasteiger partial charge in [-0.2, -0.15) is 4.37 Å². The van der Waals surface area contributed by atoms with E-state index in [9.17, 15) is 0 Å². The number of hydrogen-bond donors (Lipinski definition) is 1. The molecule has 0 aromatic carbocycles. The van der Waals surface area contributed by atoms with Crippen molar-refractivity contribution in [3.63, 3.8) is 0 Å². The first kappa shape index (κ1) is 11.8. The second kappa shape index (κ2) is 5.10. The van der Waals surface area contributed by atoms with E-state index in [0.717, 1.165) is 17.5 Å². The van der Waals surface area contributed by atoms with Crippen molar-refractivity contribution in [2.75, 3.05) is 18.4 Å². The van der Waals surface area contributed by atoms with Crippen molar-refractivity contribution in [1.29, 1.82) is 0 Å². The van der Waals surface area contributed by atoms with Crippen LogP contribution in [0.2, 0.25) is 0 Å². The summed E-state index contributed by atoms with van der Waals surface area (Å²) in [4.78, 5) is 6.88. The number of aryl methyl sites for hydroxylation is 1. The van der Waals surface area contributed by atoms with Crippen LogP contribution in [-0.4, -0.2) is 39.4 Å². The van der Waals surface area contributed by atoms with Crippen LogP contribution in [0.25, 0.3) is 0 Å². The van der Waals surface area contributed by atoms with Gasteiger partial charge in [-0.05, 0) is 33.2 Å². The van der Waals surface area contributed by atoms with Crippen LogP contribution in [0.15, 0.2) is 0 Å². The molecule has 1 saturated heterocycles. The Labute approximate surface area is 101 Å². The molecule has 2 rings (SSSR count). The average Bonchev–Trinajstić information content (AvgIpc) is 2.64. The lowest BCUT2D eigenvalue weighted by Gasteiger charge is -2.37. The molecular formula is C11H20N4S. The quantitative estimate of drug-likeness (QED) is 0.879. The van der Waals surface area contributed by atoms with Crippen molar-refractivity contribution >= 4 is 16.7 Å². The number of rotatable bonds is 3. The van der Waals surface area contributed by atoms with Gasteiger partial charge >= 0.3 is 0 Å². The van der Waals surface area contributed by atoms with Gasteiger partial charge in [0.25, 0.3) is 0 Å². The minimum absolute atomic E-state index is 0.560. The van der Waals surface area contributed by atoms with Gasteiger partial charge in [-0.3, -0.25) is 0 Å². The largest absolute Gasteiger partial charge is 0.357 e. The summed E-state index contributed by atoms with van der Waals surface area (Å²) >= 11 is 1.47. The Morgan fingerprint density at radius 2 is 2.38 bits per heavy atom. The maximum Gasteiger partial charge on any atom is 0.202 e. The highest BCUT2D eigenvalue weighted by Crippen LogP contribution is 2.21. The molecule has 1 aromatic rings. The summed E-state index contributed by atoms with van der Waals surface area (Å²) in [6.45, 7) is 8.82. The van der Waals surface area contributed by atoms with Gasteiger partial charge < -0.3 is 10.2 Å². The molecule has 5 heteroatoms. The number of hydrogen-bond acceptors (Lipinski definition) is 5. The predicted octanol–water partition coefficient (Wildman–Crippen LogP) is 2.13. The smallest absolute Gasteiger partial charge is 0.202 e. The number of nitrogens with zero attached hydrogens (tertiary/aromatic N) is 3. The maximum atomic E-state index is 4.35. The summed E-state index contributed by atoms with van der Waals surface area (Å²) in [6, 6.07) is 1.23. The van der Waals surface area contributed by atoms with E-state index >= 15 is 0 Å². The lowest BCUT2D eigenvalue weighted by molar-refractivity contribution is 0.161. The summed E-state index contributed by atoms with van der Waals surface area (Å²) in [5, 5.41) is 4.47. The van der Waals surface area contributed by atoms with Crippen LogP contribution in [0.4, 0.5) is 5.13 Å². The Bertz CT molecular complexity index is 338. The summed E-state index contributed by atoms with van der Waals surface area (Å²) in [5.41, 5.74) is 0. The molecule has 0 spiro atoms. The van der Waals surface area contributed by atoms with Crippen LogP contribution in [0.3, 0.4) is 0 Å². The Morgan fingerprint density at radius 1 is 1.56 bits per heavy atom. The van der Waals surface area contributed by atoms with Crippen molar-refractivity contribution < 1.29 is 0 Å². The normalized spacial score (nSPS) is 26.9. The number of piperidine rings is 1. The highest BCUT2D eigenvalue weighted by molar-refractivity contribution is 7.09. The Morgan fingerprint density at radius 3 is 2.94 bits per heavy atom. The zero-order valence-corrected chi connectivity index (χ0v) is 11.0. The third-order valence-electron chi connectivity index (χ3n) is 3.28. The topological polar surface area (TPSA) is 41.0 Å². The summed E-state index contributed by atoms with van der Waals surface area (Å²) < 4.78 is 4.19. The van der Waals surface area contributed by atoms with E-state index < -0.39 is 0 Å². The minimum atomic E-state index is 0.560. The lowest BCUT2D eigenvalue weighted by Crippen LogP contribution is -2.44. The van der Waals surface area contributed by atoms with E-state index in [1.165, 1.54) is 30.9 Å². The van der Waals surface area contributed by atoms with Crippen LogP contribution in [-0.2, 0) is 0 Å². The molecule has 16 heavy (non-hydrogen) atoms. The van der Waals surface area contributed by atoms with Crippen molar-refractivity contribution in [2.45, 2.75) is 45.7 Å². The van der Waals surface area contributed by atoms with E-state index in [4.69, 9.17) is 0 Å². The third kappa shape index (κ3) is 2.71. The molecule has 2 atom stereocenters. The second-order valence-corrected chi connectivity index (χ2v) is 5.24. The first-order valence-electron chi connectivity index (χ1n) is 6.00. The van der Waals surface area contributed by atoms with E-state index in [1.807, 2.05) is 6.92 Å². The van der Waals surface area contributed by atoms with Gasteiger partial charge in [0.15, 0.2) is 0 Å². The number of nitrogens with one attached hydrogen (secondary N) is 1. The second-order valence-electron chi connectivity index (χ2n) is 4.49. The van der Waals surface area contributed by atoms with E-state index in [0.29, 0.717) is 12.1 Å². The third-order valence-corrected chi connectivity index (χ3v) is 4.01. The van der Waals surface area contributed by atoms with Gasteiger partial charge in [0.2, 0.25) is 5.13 Å².